The highest BCUT2D eigenvalue weighted by molar-refractivity contribution is 5.93. The molecule has 3 heterocycles. The third kappa shape index (κ3) is 4.64. The smallest absolute Gasteiger partial charge is 0.344 e. The number of nitrogens with one attached hydrogen (secondary N) is 1. The molecule has 0 bridgehead atoms. The average Bonchev–Trinajstić information content (AvgIpc) is 3.39. The number of carbonyl (C=O) groups excluding carboxylic acids is 1. The van der Waals surface area contributed by atoms with Crippen molar-refractivity contribution in [2.24, 2.45) is 0 Å². The molecule has 0 aromatic carbocycles. The van der Waals surface area contributed by atoms with Crippen molar-refractivity contribution in [2.75, 3.05) is 0 Å². The van der Waals surface area contributed by atoms with E-state index in [4.69, 9.17) is 0 Å². The number of carbonyl (C=O) groups is 1. The van der Waals surface area contributed by atoms with Crippen LogP contribution >= 0.6 is 0 Å². The van der Waals surface area contributed by atoms with Gasteiger partial charge in [0.15, 0.2) is 5.69 Å². The Morgan fingerprint density at radius 1 is 1.09 bits per heavy atom. The summed E-state index contributed by atoms with van der Waals surface area (Å²) in [4.78, 5) is 16.3. The molecule has 0 aliphatic heterocycles. The molecule has 1 unspecified atom stereocenters. The van der Waals surface area contributed by atoms with E-state index in [1.54, 1.807) is 13.8 Å². The van der Waals surface area contributed by atoms with E-state index in [1.165, 1.54) is 16.9 Å². The molecule has 1 aliphatic rings. The summed E-state index contributed by atoms with van der Waals surface area (Å²) < 4.78 is 80.8. The van der Waals surface area contributed by atoms with Gasteiger partial charge in [-0.05, 0) is 45.2 Å². The lowest BCUT2D eigenvalue weighted by Gasteiger charge is -2.23. The molecule has 0 spiro atoms. The standard InChI is InChI=1S/C21H20F6N6O/c1-11(2)33-16(9-18(31-33)21(25,26)27)19(34)29-14-4-3-5-15-13(14)10-32(30-15)12-6-7-28-17(8-12)20(22,23)24/h6-11,14H,3-5H2,1-2H3,(H,29,34). The third-order valence-electron chi connectivity index (χ3n) is 5.46. The van der Waals surface area contributed by atoms with Gasteiger partial charge in [0.05, 0.1) is 17.4 Å². The lowest BCUT2D eigenvalue weighted by atomic mass is 9.93. The monoisotopic (exact) mass is 486 g/mol. The highest BCUT2D eigenvalue weighted by Crippen LogP contribution is 2.33. The number of pyridine rings is 1. The number of halogens is 6. The molecule has 13 heteroatoms. The van der Waals surface area contributed by atoms with E-state index >= 15 is 0 Å². The summed E-state index contributed by atoms with van der Waals surface area (Å²) in [6.07, 6.45) is -5.08. The molecule has 1 atom stereocenters. The maximum atomic E-state index is 13.1. The molecule has 3 aromatic heterocycles. The average molecular weight is 486 g/mol. The van der Waals surface area contributed by atoms with Crippen LogP contribution < -0.4 is 5.32 Å². The molecule has 0 saturated carbocycles. The molecule has 182 valence electrons. The topological polar surface area (TPSA) is 77.6 Å². The van der Waals surface area contributed by atoms with Gasteiger partial charge >= 0.3 is 12.4 Å². The normalized spacial score (nSPS) is 16.6. The van der Waals surface area contributed by atoms with Crippen LogP contribution in [0.25, 0.3) is 5.69 Å². The lowest BCUT2D eigenvalue weighted by Crippen LogP contribution is -2.32. The number of amides is 1. The minimum Gasteiger partial charge on any atom is -0.344 e. The molecule has 3 aromatic rings. The Morgan fingerprint density at radius 2 is 1.79 bits per heavy atom. The Hall–Kier alpha value is -3.38. The Bertz CT molecular complexity index is 1210. The molecule has 1 N–H and O–H groups in total. The molecule has 4 rings (SSSR count). The van der Waals surface area contributed by atoms with E-state index in [2.05, 4.69) is 20.5 Å². The molecule has 0 fully saturated rings. The largest absolute Gasteiger partial charge is 0.435 e. The summed E-state index contributed by atoms with van der Waals surface area (Å²) in [5, 5.41) is 10.6. The molecule has 0 radical (unpaired) electrons. The summed E-state index contributed by atoms with van der Waals surface area (Å²) in [5.41, 5.74) is -1.13. The first-order valence-electron chi connectivity index (χ1n) is 10.4. The third-order valence-corrected chi connectivity index (χ3v) is 5.46. The fourth-order valence-electron chi connectivity index (χ4n) is 3.86. The van der Waals surface area contributed by atoms with E-state index in [9.17, 15) is 31.1 Å². The number of hydrogen-bond donors (Lipinski definition) is 1. The SMILES string of the molecule is CC(C)n1nc(C(F)(F)F)cc1C(=O)NC1CCCc2nn(-c3ccnc(C(F)(F)F)c3)cc21. The van der Waals surface area contributed by atoms with Gasteiger partial charge in [-0.15, -0.1) is 0 Å². The van der Waals surface area contributed by atoms with Gasteiger partial charge in [-0.2, -0.15) is 36.5 Å². The summed E-state index contributed by atoms with van der Waals surface area (Å²) in [7, 11) is 0. The molecular formula is C21H20F6N6O. The number of aryl methyl sites for hydroxylation is 1. The first-order chi connectivity index (χ1) is 15.8. The Morgan fingerprint density at radius 3 is 2.44 bits per heavy atom. The van der Waals surface area contributed by atoms with Crippen LogP contribution in [0.15, 0.2) is 30.6 Å². The molecular weight excluding hydrogens is 466 g/mol. The van der Waals surface area contributed by atoms with Crippen LogP contribution in [0.1, 0.15) is 71.9 Å². The van der Waals surface area contributed by atoms with Crippen molar-refractivity contribution in [3.05, 3.63) is 58.9 Å². The second kappa shape index (κ2) is 8.44. The van der Waals surface area contributed by atoms with Crippen LogP contribution in [0, 0.1) is 0 Å². The minimum atomic E-state index is -4.70. The second-order valence-electron chi connectivity index (χ2n) is 8.24. The molecule has 1 amide bonds. The van der Waals surface area contributed by atoms with Gasteiger partial charge in [-0.25, -0.2) is 4.68 Å². The fraction of sp³-hybridized carbons (Fsp3) is 0.429. The quantitative estimate of drug-likeness (QED) is 0.533. The molecule has 0 saturated heterocycles. The van der Waals surface area contributed by atoms with Crippen LogP contribution in [-0.4, -0.2) is 30.5 Å². The van der Waals surface area contributed by atoms with Crippen LogP contribution in [0.3, 0.4) is 0 Å². The Balaban J connectivity index is 1.62. The van der Waals surface area contributed by atoms with Crippen molar-refractivity contribution in [3.63, 3.8) is 0 Å². The maximum Gasteiger partial charge on any atom is 0.435 e. The predicted molar refractivity (Wildman–Crippen MR) is 107 cm³/mol. The number of rotatable bonds is 4. The van der Waals surface area contributed by atoms with Gasteiger partial charge in [0, 0.05) is 30.1 Å². The first-order valence-corrected chi connectivity index (χ1v) is 10.4. The molecule has 34 heavy (non-hydrogen) atoms. The zero-order valence-corrected chi connectivity index (χ0v) is 18.1. The van der Waals surface area contributed by atoms with E-state index in [0.717, 1.165) is 16.9 Å². The second-order valence-corrected chi connectivity index (χ2v) is 8.24. The maximum absolute atomic E-state index is 13.1. The van der Waals surface area contributed by atoms with E-state index in [0.29, 0.717) is 36.6 Å². The zero-order valence-electron chi connectivity index (χ0n) is 18.1. The van der Waals surface area contributed by atoms with E-state index in [1.807, 2.05) is 0 Å². The van der Waals surface area contributed by atoms with Gasteiger partial charge in [-0.3, -0.25) is 14.5 Å². The van der Waals surface area contributed by atoms with E-state index < -0.39 is 41.7 Å². The fourth-order valence-corrected chi connectivity index (χ4v) is 3.86. The summed E-state index contributed by atoms with van der Waals surface area (Å²) in [6, 6.07) is 1.89. The number of alkyl halides is 6. The van der Waals surface area contributed by atoms with Crippen LogP contribution in [0.4, 0.5) is 26.3 Å². The van der Waals surface area contributed by atoms with Gasteiger partial charge in [0.2, 0.25) is 0 Å². The van der Waals surface area contributed by atoms with Crippen LogP contribution in [0.5, 0.6) is 0 Å². The lowest BCUT2D eigenvalue weighted by molar-refractivity contribution is -0.142. The van der Waals surface area contributed by atoms with Gasteiger partial charge < -0.3 is 5.32 Å². The summed E-state index contributed by atoms with van der Waals surface area (Å²) in [5.74, 6) is -0.731. The highest BCUT2D eigenvalue weighted by atomic mass is 19.4. The Kier molecular flexibility index (Phi) is 5.90. The van der Waals surface area contributed by atoms with Crippen molar-refractivity contribution in [1.29, 1.82) is 0 Å². The van der Waals surface area contributed by atoms with Crippen molar-refractivity contribution < 1.29 is 31.1 Å². The first kappa shape index (κ1) is 23.8. The van der Waals surface area contributed by atoms with Crippen molar-refractivity contribution >= 4 is 5.91 Å². The zero-order chi connectivity index (χ0) is 24.8. The molecule has 7 nitrogen and oxygen atoms in total. The summed E-state index contributed by atoms with van der Waals surface area (Å²) >= 11 is 0. The predicted octanol–water partition coefficient (Wildman–Crippen LogP) is 4.89. The van der Waals surface area contributed by atoms with Crippen molar-refractivity contribution in [1.82, 2.24) is 29.9 Å². The highest BCUT2D eigenvalue weighted by Gasteiger charge is 2.37. The number of hydrogen-bond acceptors (Lipinski definition) is 4. The summed E-state index contributed by atoms with van der Waals surface area (Å²) in [6.45, 7) is 3.22. The Labute approximate surface area is 189 Å². The van der Waals surface area contributed by atoms with E-state index in [-0.39, 0.29) is 11.4 Å². The van der Waals surface area contributed by atoms with Crippen LogP contribution in [0.2, 0.25) is 0 Å². The van der Waals surface area contributed by atoms with Crippen molar-refractivity contribution in [2.45, 2.75) is 57.5 Å². The number of aromatic nitrogens is 5. The van der Waals surface area contributed by atoms with Crippen molar-refractivity contribution in [3.8, 4) is 5.69 Å². The van der Waals surface area contributed by atoms with Crippen LogP contribution in [-0.2, 0) is 18.8 Å². The van der Waals surface area contributed by atoms with Gasteiger partial charge in [0.1, 0.15) is 11.4 Å². The minimum absolute atomic E-state index is 0.148. The number of fused-ring (bicyclic) bond motifs is 1. The number of nitrogens with zero attached hydrogens (tertiary/aromatic N) is 5. The molecule has 1 aliphatic carbocycles. The van der Waals surface area contributed by atoms with Gasteiger partial charge in [0.25, 0.3) is 5.91 Å². The van der Waals surface area contributed by atoms with Gasteiger partial charge in [-0.1, -0.05) is 0 Å².